The standard InChI is InChI=1S/C9H8OS3/c1-10-8(11)6-2-4-7(5-3-6)9(12)13/h2-5H,1H3,(H,12,13). The molecule has 0 saturated heterocycles. The van der Waals surface area contributed by atoms with Crippen LogP contribution in [-0.2, 0) is 4.74 Å². The van der Waals surface area contributed by atoms with Gasteiger partial charge in [0.15, 0.2) is 5.05 Å². The van der Waals surface area contributed by atoms with E-state index in [1.807, 2.05) is 24.3 Å². The second kappa shape index (κ2) is 4.69. The zero-order valence-corrected chi connectivity index (χ0v) is 9.51. The van der Waals surface area contributed by atoms with E-state index in [0.717, 1.165) is 11.1 Å². The Balaban J connectivity index is 2.93. The van der Waals surface area contributed by atoms with Crippen LogP contribution in [-0.4, -0.2) is 16.4 Å². The number of thiocarbonyl (C=S) groups is 2. The smallest absolute Gasteiger partial charge is 0.190 e. The van der Waals surface area contributed by atoms with Gasteiger partial charge in [-0.2, -0.15) is 0 Å². The van der Waals surface area contributed by atoms with Crippen molar-refractivity contribution in [2.45, 2.75) is 0 Å². The van der Waals surface area contributed by atoms with Crippen LogP contribution in [0.1, 0.15) is 11.1 Å². The molecule has 0 aromatic heterocycles. The predicted molar refractivity (Wildman–Crippen MR) is 65.8 cm³/mol. The molecule has 13 heavy (non-hydrogen) atoms. The van der Waals surface area contributed by atoms with Crippen molar-refractivity contribution in [3.05, 3.63) is 35.4 Å². The van der Waals surface area contributed by atoms with Crippen LogP contribution in [0.25, 0.3) is 0 Å². The Kier molecular flexibility index (Phi) is 3.84. The molecule has 1 aromatic rings. The number of methoxy groups -OCH3 is 1. The topological polar surface area (TPSA) is 9.23 Å². The molecule has 0 saturated carbocycles. The van der Waals surface area contributed by atoms with E-state index in [2.05, 4.69) is 12.6 Å². The van der Waals surface area contributed by atoms with E-state index in [1.165, 1.54) is 0 Å². The number of rotatable bonds is 2. The van der Waals surface area contributed by atoms with Gasteiger partial charge < -0.3 is 4.74 Å². The third-order valence-corrected chi connectivity index (χ3v) is 2.45. The van der Waals surface area contributed by atoms with Gasteiger partial charge in [-0.05, 0) is 29.9 Å². The van der Waals surface area contributed by atoms with Gasteiger partial charge in [-0.1, -0.05) is 24.4 Å². The highest BCUT2D eigenvalue weighted by Gasteiger charge is 2.00. The van der Waals surface area contributed by atoms with Gasteiger partial charge >= 0.3 is 0 Å². The summed E-state index contributed by atoms with van der Waals surface area (Å²) in [7, 11) is 1.56. The number of hydrogen-bond donors (Lipinski definition) is 1. The van der Waals surface area contributed by atoms with Gasteiger partial charge in [0.25, 0.3) is 0 Å². The molecule has 1 rings (SSSR count). The van der Waals surface area contributed by atoms with Crippen LogP contribution >= 0.6 is 37.1 Å². The fourth-order valence-electron chi connectivity index (χ4n) is 0.867. The molecule has 0 aliphatic rings. The second-order valence-electron chi connectivity index (χ2n) is 2.37. The maximum Gasteiger partial charge on any atom is 0.190 e. The lowest BCUT2D eigenvalue weighted by Crippen LogP contribution is -1.99. The summed E-state index contributed by atoms with van der Waals surface area (Å²) < 4.78 is 5.49. The highest BCUT2D eigenvalue weighted by atomic mass is 32.1. The highest BCUT2D eigenvalue weighted by molar-refractivity contribution is 8.11. The van der Waals surface area contributed by atoms with Gasteiger partial charge in [0.2, 0.25) is 0 Å². The average Bonchev–Trinajstić information content (AvgIpc) is 2.17. The van der Waals surface area contributed by atoms with Crippen LogP contribution in [0.4, 0.5) is 0 Å². The molecule has 1 aromatic carbocycles. The minimum absolute atomic E-state index is 0.483. The van der Waals surface area contributed by atoms with Gasteiger partial charge in [0.05, 0.1) is 11.3 Å². The Morgan fingerprint density at radius 3 is 2.00 bits per heavy atom. The lowest BCUT2D eigenvalue weighted by Gasteiger charge is -2.02. The first-order chi connectivity index (χ1) is 6.15. The van der Waals surface area contributed by atoms with Gasteiger partial charge in [0.1, 0.15) is 0 Å². The summed E-state index contributed by atoms with van der Waals surface area (Å²) in [4.78, 5) is 0. The Bertz CT molecular complexity index is 329. The van der Waals surface area contributed by atoms with Crippen molar-refractivity contribution >= 4 is 46.3 Å². The first-order valence-electron chi connectivity index (χ1n) is 3.57. The van der Waals surface area contributed by atoms with Crippen molar-refractivity contribution in [1.82, 2.24) is 0 Å². The van der Waals surface area contributed by atoms with Crippen LogP contribution in [0.2, 0.25) is 0 Å². The molecule has 0 atom stereocenters. The van der Waals surface area contributed by atoms with Crippen molar-refractivity contribution in [3.63, 3.8) is 0 Å². The summed E-state index contributed by atoms with van der Waals surface area (Å²) in [5.41, 5.74) is 1.80. The van der Waals surface area contributed by atoms with Crippen molar-refractivity contribution in [1.29, 1.82) is 0 Å². The predicted octanol–water partition coefficient (Wildman–Crippen LogP) is 2.61. The van der Waals surface area contributed by atoms with E-state index < -0.39 is 0 Å². The minimum atomic E-state index is 0.483. The summed E-state index contributed by atoms with van der Waals surface area (Å²) in [5, 5.41) is 0.483. The quantitative estimate of drug-likeness (QED) is 0.616. The van der Waals surface area contributed by atoms with Crippen LogP contribution in [0.3, 0.4) is 0 Å². The van der Waals surface area contributed by atoms with E-state index in [1.54, 1.807) is 7.11 Å². The molecule has 0 aliphatic carbocycles. The van der Waals surface area contributed by atoms with E-state index in [0.29, 0.717) is 9.25 Å². The Morgan fingerprint density at radius 1 is 1.15 bits per heavy atom. The molecule has 0 unspecified atom stereocenters. The number of benzene rings is 1. The first kappa shape index (κ1) is 10.6. The normalized spacial score (nSPS) is 9.38. The third-order valence-electron chi connectivity index (χ3n) is 1.55. The number of thiol groups is 1. The molecule has 0 bridgehead atoms. The molecule has 4 heteroatoms. The van der Waals surface area contributed by atoms with Crippen molar-refractivity contribution in [3.8, 4) is 0 Å². The summed E-state index contributed by atoms with van der Waals surface area (Å²) >= 11 is 13.9. The molecule has 0 aliphatic heterocycles. The zero-order valence-electron chi connectivity index (χ0n) is 6.98. The molecule has 0 heterocycles. The van der Waals surface area contributed by atoms with Crippen LogP contribution in [0, 0.1) is 0 Å². The first-order valence-corrected chi connectivity index (χ1v) is 4.83. The molecule has 0 spiro atoms. The lowest BCUT2D eigenvalue weighted by molar-refractivity contribution is 0.416. The highest BCUT2D eigenvalue weighted by Crippen LogP contribution is 2.09. The summed E-state index contributed by atoms with van der Waals surface area (Å²) in [6.45, 7) is 0. The van der Waals surface area contributed by atoms with E-state index in [9.17, 15) is 0 Å². The van der Waals surface area contributed by atoms with E-state index >= 15 is 0 Å². The Hall–Kier alpha value is -0.450. The van der Waals surface area contributed by atoms with Crippen LogP contribution < -0.4 is 0 Å². The molecular formula is C9H8OS3. The molecule has 1 nitrogen and oxygen atoms in total. The molecule has 0 N–H and O–H groups in total. The summed E-state index contributed by atoms with van der Waals surface area (Å²) in [5.74, 6) is 0. The summed E-state index contributed by atoms with van der Waals surface area (Å²) in [6.07, 6.45) is 0. The Morgan fingerprint density at radius 2 is 1.62 bits per heavy atom. The molecular weight excluding hydrogens is 220 g/mol. The summed E-state index contributed by atoms with van der Waals surface area (Å²) in [6, 6.07) is 7.47. The number of ether oxygens (including phenoxy) is 1. The van der Waals surface area contributed by atoms with Gasteiger partial charge in [-0.15, -0.1) is 12.6 Å². The largest absolute Gasteiger partial charge is 0.486 e. The average molecular weight is 228 g/mol. The minimum Gasteiger partial charge on any atom is -0.486 e. The van der Waals surface area contributed by atoms with E-state index in [4.69, 9.17) is 29.2 Å². The number of hydrogen-bond acceptors (Lipinski definition) is 3. The van der Waals surface area contributed by atoms with Crippen molar-refractivity contribution in [2.24, 2.45) is 0 Å². The maximum absolute atomic E-state index is 4.96. The fourth-order valence-corrected chi connectivity index (χ4v) is 1.29. The van der Waals surface area contributed by atoms with Crippen LogP contribution in [0.5, 0.6) is 0 Å². The Labute approximate surface area is 93.5 Å². The zero-order chi connectivity index (χ0) is 9.84. The van der Waals surface area contributed by atoms with Gasteiger partial charge in [0, 0.05) is 5.56 Å². The maximum atomic E-state index is 4.96. The van der Waals surface area contributed by atoms with E-state index in [-0.39, 0.29) is 0 Å². The van der Waals surface area contributed by atoms with Gasteiger partial charge in [-0.3, -0.25) is 0 Å². The third kappa shape index (κ3) is 2.76. The molecule has 0 amide bonds. The molecule has 0 fully saturated rings. The SMILES string of the molecule is COC(=S)c1ccc(C(=S)S)cc1. The van der Waals surface area contributed by atoms with Crippen LogP contribution in [0.15, 0.2) is 24.3 Å². The monoisotopic (exact) mass is 228 g/mol. The van der Waals surface area contributed by atoms with Gasteiger partial charge in [-0.25, -0.2) is 0 Å². The van der Waals surface area contributed by atoms with Crippen molar-refractivity contribution < 1.29 is 4.74 Å². The second-order valence-corrected chi connectivity index (χ2v) is 3.90. The molecule has 0 radical (unpaired) electrons. The molecule has 68 valence electrons. The fraction of sp³-hybridized carbons (Fsp3) is 0.111. The van der Waals surface area contributed by atoms with Crippen molar-refractivity contribution in [2.75, 3.05) is 7.11 Å². The lowest BCUT2D eigenvalue weighted by atomic mass is 10.2.